The number of anilines is 1. The molecule has 1 amide bonds. The summed E-state index contributed by atoms with van der Waals surface area (Å²) < 4.78 is 7.15. The smallest absolute Gasteiger partial charge is 0.234 e. The van der Waals surface area contributed by atoms with E-state index in [1.807, 2.05) is 0 Å². The minimum atomic E-state index is -1.30. The molecule has 138 valence electrons. The number of hydrogen-bond acceptors (Lipinski definition) is 7. The van der Waals surface area contributed by atoms with E-state index < -0.39 is 5.97 Å². The molecule has 8 nitrogen and oxygen atoms in total. The number of carboxylic acids is 1. The lowest BCUT2D eigenvalue weighted by Gasteiger charge is -2.08. The molecule has 3 rings (SSSR count). The predicted molar refractivity (Wildman–Crippen MR) is 98.0 cm³/mol. The Morgan fingerprint density at radius 1 is 1.30 bits per heavy atom. The van der Waals surface area contributed by atoms with E-state index in [0.717, 1.165) is 0 Å². The van der Waals surface area contributed by atoms with Gasteiger partial charge in [-0.25, -0.2) is 0 Å². The van der Waals surface area contributed by atoms with E-state index in [0.29, 0.717) is 29.0 Å². The number of carbonyl (C=O) groups is 2. The van der Waals surface area contributed by atoms with Crippen LogP contribution in [-0.4, -0.2) is 32.4 Å². The molecule has 0 aliphatic rings. The van der Waals surface area contributed by atoms with Gasteiger partial charge in [0.05, 0.1) is 18.0 Å². The van der Waals surface area contributed by atoms with Crippen LogP contribution in [0.3, 0.4) is 0 Å². The van der Waals surface area contributed by atoms with Crippen molar-refractivity contribution in [1.82, 2.24) is 14.8 Å². The van der Waals surface area contributed by atoms with Crippen LogP contribution in [0.1, 0.15) is 10.4 Å². The topological polar surface area (TPSA) is 113 Å². The van der Waals surface area contributed by atoms with E-state index in [1.54, 1.807) is 35.1 Å². The summed E-state index contributed by atoms with van der Waals surface area (Å²) in [6.07, 6.45) is 3.24. The maximum atomic E-state index is 12.2. The molecular weight excluding hydrogens is 368 g/mol. The largest absolute Gasteiger partial charge is 0.545 e. The second-order valence-corrected chi connectivity index (χ2v) is 6.33. The van der Waals surface area contributed by atoms with E-state index in [1.165, 1.54) is 30.0 Å². The molecule has 0 bridgehead atoms. The standard InChI is InChI=1S/C18H16N4O4S/c1-2-8-22-16(14-7-4-9-26-14)20-21-18(22)27-11-15(23)19-13-6-3-5-12(10-13)17(24)25/h2-7,9-10H,1,8,11H2,(H,19,23)(H,24,25)/p-1. The Morgan fingerprint density at radius 2 is 2.15 bits per heavy atom. The highest BCUT2D eigenvalue weighted by Gasteiger charge is 2.16. The van der Waals surface area contributed by atoms with Gasteiger partial charge in [-0.3, -0.25) is 9.36 Å². The van der Waals surface area contributed by atoms with Crippen molar-refractivity contribution in [3.63, 3.8) is 0 Å². The molecule has 0 saturated heterocycles. The number of aromatic carboxylic acids is 1. The summed E-state index contributed by atoms with van der Waals surface area (Å²) in [7, 11) is 0. The maximum Gasteiger partial charge on any atom is 0.234 e. The van der Waals surface area contributed by atoms with Crippen LogP contribution in [0, 0.1) is 0 Å². The van der Waals surface area contributed by atoms with Crippen LogP contribution in [-0.2, 0) is 11.3 Å². The summed E-state index contributed by atoms with van der Waals surface area (Å²) in [4.78, 5) is 23.1. The summed E-state index contributed by atoms with van der Waals surface area (Å²) in [5.74, 6) is -0.418. The number of aromatic nitrogens is 3. The van der Waals surface area contributed by atoms with Gasteiger partial charge in [0.25, 0.3) is 0 Å². The Balaban J connectivity index is 1.68. The van der Waals surface area contributed by atoms with Gasteiger partial charge in [0.1, 0.15) is 0 Å². The third-order valence-corrected chi connectivity index (χ3v) is 4.45. The van der Waals surface area contributed by atoms with Crippen LogP contribution >= 0.6 is 11.8 Å². The van der Waals surface area contributed by atoms with Gasteiger partial charge >= 0.3 is 0 Å². The fraction of sp³-hybridized carbons (Fsp3) is 0.111. The highest BCUT2D eigenvalue weighted by atomic mass is 32.2. The normalized spacial score (nSPS) is 10.5. The summed E-state index contributed by atoms with van der Waals surface area (Å²) >= 11 is 1.20. The number of nitrogens with one attached hydrogen (secondary N) is 1. The fourth-order valence-electron chi connectivity index (χ4n) is 2.33. The summed E-state index contributed by atoms with van der Waals surface area (Å²) in [6, 6.07) is 9.40. The molecule has 0 radical (unpaired) electrons. The van der Waals surface area contributed by atoms with Crippen LogP contribution in [0.15, 0.2) is 64.9 Å². The highest BCUT2D eigenvalue weighted by molar-refractivity contribution is 7.99. The molecule has 0 atom stereocenters. The third-order valence-electron chi connectivity index (χ3n) is 3.48. The van der Waals surface area contributed by atoms with Gasteiger partial charge in [-0.1, -0.05) is 30.0 Å². The van der Waals surface area contributed by atoms with E-state index in [2.05, 4.69) is 22.1 Å². The van der Waals surface area contributed by atoms with Crippen LogP contribution in [0.5, 0.6) is 0 Å². The molecule has 0 fully saturated rings. The SMILES string of the molecule is C=CCn1c(SCC(=O)Nc2cccc(C(=O)[O-])c2)nnc1-c1ccco1. The minimum absolute atomic E-state index is 0.00531. The first-order valence-electron chi connectivity index (χ1n) is 7.90. The molecule has 27 heavy (non-hydrogen) atoms. The Bertz CT molecular complexity index is 966. The Kier molecular flexibility index (Phi) is 5.72. The molecule has 9 heteroatoms. The Hall–Kier alpha value is -3.33. The van der Waals surface area contributed by atoms with Gasteiger partial charge < -0.3 is 19.6 Å². The number of thioether (sulfide) groups is 1. The lowest BCUT2D eigenvalue weighted by molar-refractivity contribution is -0.255. The van der Waals surface area contributed by atoms with Crippen LogP contribution in [0.25, 0.3) is 11.6 Å². The van der Waals surface area contributed by atoms with E-state index in [9.17, 15) is 14.7 Å². The minimum Gasteiger partial charge on any atom is -0.545 e. The second kappa shape index (κ2) is 8.37. The van der Waals surface area contributed by atoms with Gasteiger partial charge in [0, 0.05) is 12.2 Å². The molecular formula is C18H15N4O4S-. The van der Waals surface area contributed by atoms with Gasteiger partial charge in [0.2, 0.25) is 11.7 Å². The van der Waals surface area contributed by atoms with Gasteiger partial charge in [-0.15, -0.1) is 16.8 Å². The lowest BCUT2D eigenvalue weighted by atomic mass is 10.2. The molecule has 0 spiro atoms. The van der Waals surface area contributed by atoms with Gasteiger partial charge in [-0.2, -0.15) is 0 Å². The van der Waals surface area contributed by atoms with Crippen molar-refractivity contribution in [2.24, 2.45) is 0 Å². The van der Waals surface area contributed by atoms with Crippen LogP contribution < -0.4 is 10.4 Å². The van der Waals surface area contributed by atoms with Crippen molar-refractivity contribution in [2.75, 3.05) is 11.1 Å². The van der Waals surface area contributed by atoms with E-state index >= 15 is 0 Å². The maximum absolute atomic E-state index is 12.2. The molecule has 2 aromatic heterocycles. The monoisotopic (exact) mass is 383 g/mol. The number of carbonyl (C=O) groups excluding carboxylic acids is 2. The first-order valence-corrected chi connectivity index (χ1v) is 8.89. The van der Waals surface area contributed by atoms with Crippen molar-refractivity contribution in [1.29, 1.82) is 0 Å². The highest BCUT2D eigenvalue weighted by Crippen LogP contribution is 2.24. The van der Waals surface area contributed by atoms with Crippen LogP contribution in [0.2, 0.25) is 0 Å². The zero-order chi connectivity index (χ0) is 19.2. The van der Waals surface area contributed by atoms with Gasteiger partial charge in [-0.05, 0) is 29.8 Å². The van der Waals surface area contributed by atoms with E-state index in [4.69, 9.17) is 4.42 Å². The van der Waals surface area contributed by atoms with Crippen molar-refractivity contribution in [2.45, 2.75) is 11.7 Å². The number of amides is 1. The Morgan fingerprint density at radius 3 is 2.85 bits per heavy atom. The van der Waals surface area contributed by atoms with Gasteiger partial charge in [0.15, 0.2) is 10.9 Å². The third kappa shape index (κ3) is 4.45. The molecule has 0 aliphatic carbocycles. The van der Waals surface area contributed by atoms with Crippen molar-refractivity contribution in [3.05, 3.63) is 60.9 Å². The quantitative estimate of drug-likeness (QED) is 0.466. The number of hydrogen-bond donors (Lipinski definition) is 1. The average Bonchev–Trinajstić information content (AvgIpc) is 3.30. The summed E-state index contributed by atoms with van der Waals surface area (Å²) in [5.41, 5.74) is 0.375. The molecule has 0 saturated carbocycles. The number of furan rings is 1. The zero-order valence-electron chi connectivity index (χ0n) is 14.1. The number of benzene rings is 1. The molecule has 1 aromatic carbocycles. The molecule has 0 aliphatic heterocycles. The van der Waals surface area contributed by atoms with Crippen molar-refractivity contribution >= 4 is 29.3 Å². The lowest BCUT2D eigenvalue weighted by Crippen LogP contribution is -2.22. The van der Waals surface area contributed by atoms with Crippen LogP contribution in [0.4, 0.5) is 5.69 Å². The number of rotatable bonds is 8. The zero-order valence-corrected chi connectivity index (χ0v) is 14.9. The number of carboxylic acid groups (broad SMARTS) is 1. The van der Waals surface area contributed by atoms with Crippen molar-refractivity contribution < 1.29 is 19.1 Å². The first kappa shape index (κ1) is 18.5. The molecule has 2 heterocycles. The van der Waals surface area contributed by atoms with E-state index in [-0.39, 0.29) is 17.2 Å². The molecule has 3 aromatic rings. The summed E-state index contributed by atoms with van der Waals surface area (Å²) in [6.45, 7) is 4.18. The number of allylic oxidation sites excluding steroid dienone is 1. The predicted octanol–water partition coefficient (Wildman–Crippen LogP) is 1.82. The Labute approximate surface area is 158 Å². The number of nitrogens with zero attached hydrogens (tertiary/aromatic N) is 3. The average molecular weight is 383 g/mol. The second-order valence-electron chi connectivity index (χ2n) is 5.39. The fourth-order valence-corrected chi connectivity index (χ4v) is 3.08. The summed E-state index contributed by atoms with van der Waals surface area (Å²) in [5, 5.41) is 22.3. The molecule has 1 N–H and O–H groups in total. The molecule has 0 unspecified atom stereocenters. The van der Waals surface area contributed by atoms with Crippen molar-refractivity contribution in [3.8, 4) is 11.6 Å². The first-order chi connectivity index (χ1) is 13.1.